The largest absolute Gasteiger partial charge is 0.394 e. The third-order valence-corrected chi connectivity index (χ3v) is 3.72. The van der Waals surface area contributed by atoms with E-state index in [4.69, 9.17) is 15.3 Å². The summed E-state index contributed by atoms with van der Waals surface area (Å²) in [6.07, 6.45) is 1.11. The van der Waals surface area contributed by atoms with Crippen LogP contribution >= 0.6 is 0 Å². The van der Waals surface area contributed by atoms with Crippen molar-refractivity contribution in [1.29, 1.82) is 0 Å². The van der Waals surface area contributed by atoms with E-state index in [-0.39, 0.29) is 5.03 Å². The number of aliphatic hydroxyl groups is 3. The maximum Gasteiger partial charge on any atom is 0.258 e. The van der Waals surface area contributed by atoms with E-state index in [2.05, 4.69) is 9.97 Å². The monoisotopic (exact) mass is 265 g/mol. The number of sulfonamides is 1. The summed E-state index contributed by atoms with van der Waals surface area (Å²) in [5.74, 6) is 0.410. The van der Waals surface area contributed by atoms with Crippen LogP contribution in [0.2, 0.25) is 0 Å². The Kier molecular flexibility index (Phi) is 4.22. The first-order valence-corrected chi connectivity index (χ1v) is 6.25. The Morgan fingerprint density at radius 3 is 2.24 bits per heavy atom. The summed E-state index contributed by atoms with van der Waals surface area (Å²) in [6.45, 7) is -0.610. The number of aromatic nitrogens is 2. The van der Waals surface area contributed by atoms with Crippen molar-refractivity contribution in [3.05, 3.63) is 12.0 Å². The lowest BCUT2D eigenvalue weighted by Gasteiger charge is -2.27. The van der Waals surface area contributed by atoms with E-state index >= 15 is 0 Å². The predicted octanol–water partition coefficient (Wildman–Crippen LogP) is -2.29. The average Bonchev–Trinajstić information content (AvgIpc) is 2.74. The van der Waals surface area contributed by atoms with Gasteiger partial charge in [0.2, 0.25) is 0 Å². The quantitative estimate of drug-likeness (QED) is 0.393. The predicted molar refractivity (Wildman–Crippen MR) is 57.6 cm³/mol. The number of H-pyrrole nitrogens is 1. The van der Waals surface area contributed by atoms with Crippen LogP contribution in [0.1, 0.15) is 5.82 Å². The highest BCUT2D eigenvalue weighted by atomic mass is 32.2. The molecule has 8 nitrogen and oxygen atoms in total. The number of aromatic amines is 1. The smallest absolute Gasteiger partial charge is 0.258 e. The second-order valence-electron chi connectivity index (χ2n) is 3.69. The molecule has 1 rings (SSSR count). The van der Waals surface area contributed by atoms with E-state index < -0.39 is 35.4 Å². The Hall–Kier alpha value is -1.00. The fourth-order valence-corrected chi connectivity index (χ4v) is 2.47. The highest BCUT2D eigenvalue weighted by molar-refractivity contribution is 7.89. The highest BCUT2D eigenvalue weighted by Gasteiger charge is 2.34. The number of hydrogen-bond acceptors (Lipinski definition) is 6. The van der Waals surface area contributed by atoms with Crippen LogP contribution in [-0.2, 0) is 10.0 Å². The third kappa shape index (κ3) is 3.01. The van der Waals surface area contributed by atoms with Gasteiger partial charge < -0.3 is 20.3 Å². The molecule has 0 fully saturated rings. The average molecular weight is 265 g/mol. The molecule has 0 bridgehead atoms. The lowest BCUT2D eigenvalue weighted by Crippen LogP contribution is -2.56. The molecule has 0 radical (unpaired) electrons. The highest BCUT2D eigenvalue weighted by Crippen LogP contribution is 2.11. The van der Waals surface area contributed by atoms with Gasteiger partial charge in [-0.15, -0.1) is 0 Å². The number of rotatable bonds is 6. The molecule has 9 heteroatoms. The van der Waals surface area contributed by atoms with Crippen LogP contribution in [0.15, 0.2) is 11.2 Å². The molecular formula is C8H15N3O5S. The van der Waals surface area contributed by atoms with Crippen molar-refractivity contribution in [3.63, 3.8) is 0 Å². The van der Waals surface area contributed by atoms with Crippen molar-refractivity contribution in [1.82, 2.24) is 14.7 Å². The number of aliphatic hydroxyl groups excluding tert-OH is 3. The van der Waals surface area contributed by atoms with Gasteiger partial charge >= 0.3 is 0 Å². The second kappa shape index (κ2) is 5.10. The second-order valence-corrected chi connectivity index (χ2v) is 5.34. The van der Waals surface area contributed by atoms with Gasteiger partial charge in [-0.3, -0.25) is 0 Å². The van der Waals surface area contributed by atoms with Crippen LogP contribution < -0.4 is 4.72 Å². The Labute approximate surface area is 98.4 Å². The molecule has 0 unspecified atom stereocenters. The van der Waals surface area contributed by atoms with Crippen molar-refractivity contribution in [2.45, 2.75) is 17.5 Å². The topological polar surface area (TPSA) is 136 Å². The van der Waals surface area contributed by atoms with Gasteiger partial charge in [-0.2, -0.15) is 4.72 Å². The van der Waals surface area contributed by atoms with Gasteiger partial charge in [0.1, 0.15) is 11.4 Å². The zero-order valence-corrected chi connectivity index (χ0v) is 10.0. The first kappa shape index (κ1) is 14.1. The molecule has 0 saturated heterocycles. The summed E-state index contributed by atoms with van der Waals surface area (Å²) in [5.41, 5.74) is -1.70. The fraction of sp³-hybridized carbons (Fsp3) is 0.625. The van der Waals surface area contributed by atoms with Gasteiger partial charge in [0.25, 0.3) is 10.0 Å². The molecule has 5 N–H and O–H groups in total. The summed E-state index contributed by atoms with van der Waals surface area (Å²) >= 11 is 0. The number of nitrogens with zero attached hydrogens (tertiary/aromatic N) is 1. The maximum atomic E-state index is 11.8. The van der Waals surface area contributed by atoms with Gasteiger partial charge in [0.15, 0.2) is 5.03 Å². The standard InChI is InChI=1S/C8H15N3O5S/c1-6-9-2-7(10-6)17(15,16)11-8(3-12,4-13)5-14/h2,11-14H,3-5H2,1H3,(H,9,10). The van der Waals surface area contributed by atoms with Crippen molar-refractivity contribution < 1.29 is 23.7 Å². The number of imidazole rings is 1. The Morgan fingerprint density at radius 2 is 1.88 bits per heavy atom. The minimum atomic E-state index is -3.98. The van der Waals surface area contributed by atoms with Crippen LogP contribution in [0.5, 0.6) is 0 Å². The maximum absolute atomic E-state index is 11.8. The Bertz CT molecular complexity index is 457. The van der Waals surface area contributed by atoms with Gasteiger partial charge in [0, 0.05) is 0 Å². The van der Waals surface area contributed by atoms with Crippen LogP contribution in [0.4, 0.5) is 0 Å². The molecule has 0 aromatic carbocycles. The summed E-state index contributed by atoms with van der Waals surface area (Å²) in [5, 5.41) is 26.9. The van der Waals surface area contributed by atoms with Crippen molar-refractivity contribution >= 4 is 10.0 Å². The lowest BCUT2D eigenvalue weighted by atomic mass is 10.1. The molecule has 0 aliphatic heterocycles. The Balaban J connectivity index is 3.00. The molecule has 0 amide bonds. The number of nitrogens with one attached hydrogen (secondary N) is 2. The van der Waals surface area contributed by atoms with Crippen molar-refractivity contribution in [3.8, 4) is 0 Å². The fourth-order valence-electron chi connectivity index (χ4n) is 1.12. The molecule has 0 saturated carbocycles. The lowest BCUT2D eigenvalue weighted by molar-refractivity contribution is 0.0581. The van der Waals surface area contributed by atoms with Crippen LogP contribution in [0, 0.1) is 6.92 Å². The molecule has 0 aliphatic carbocycles. The van der Waals surface area contributed by atoms with Crippen molar-refractivity contribution in [2.24, 2.45) is 0 Å². The summed E-state index contributed by atoms with van der Waals surface area (Å²) in [6, 6.07) is 0. The normalized spacial score (nSPS) is 12.9. The minimum absolute atomic E-state index is 0.199. The van der Waals surface area contributed by atoms with Gasteiger partial charge in [-0.1, -0.05) is 0 Å². The van der Waals surface area contributed by atoms with Gasteiger partial charge in [-0.25, -0.2) is 13.4 Å². The molecule has 1 heterocycles. The van der Waals surface area contributed by atoms with Crippen LogP contribution in [-0.4, -0.2) is 59.1 Å². The third-order valence-electron chi connectivity index (χ3n) is 2.23. The van der Waals surface area contributed by atoms with E-state index in [9.17, 15) is 8.42 Å². The molecule has 0 aliphatic rings. The zero-order valence-electron chi connectivity index (χ0n) is 9.21. The van der Waals surface area contributed by atoms with E-state index in [1.807, 2.05) is 4.72 Å². The molecule has 0 atom stereocenters. The van der Waals surface area contributed by atoms with E-state index in [0.29, 0.717) is 5.82 Å². The summed E-state index contributed by atoms with van der Waals surface area (Å²) in [7, 11) is -3.98. The number of aryl methyl sites for hydroxylation is 1. The SMILES string of the molecule is Cc1ncc(S(=O)(=O)NC(CO)(CO)CO)[nH]1. The van der Waals surface area contributed by atoms with Gasteiger partial charge in [-0.05, 0) is 6.92 Å². The van der Waals surface area contributed by atoms with E-state index in [1.165, 1.54) is 0 Å². The molecule has 0 spiro atoms. The minimum Gasteiger partial charge on any atom is -0.394 e. The van der Waals surface area contributed by atoms with E-state index in [1.54, 1.807) is 6.92 Å². The molecule has 1 aromatic rings. The van der Waals surface area contributed by atoms with Crippen molar-refractivity contribution in [2.75, 3.05) is 19.8 Å². The van der Waals surface area contributed by atoms with E-state index in [0.717, 1.165) is 6.20 Å². The number of hydrogen-bond donors (Lipinski definition) is 5. The zero-order chi connectivity index (χ0) is 13.1. The summed E-state index contributed by atoms with van der Waals surface area (Å²) in [4.78, 5) is 6.23. The summed E-state index contributed by atoms with van der Waals surface area (Å²) < 4.78 is 25.7. The van der Waals surface area contributed by atoms with Crippen LogP contribution in [0.25, 0.3) is 0 Å². The first-order chi connectivity index (χ1) is 7.89. The molecular weight excluding hydrogens is 250 g/mol. The molecule has 17 heavy (non-hydrogen) atoms. The Morgan fingerprint density at radius 1 is 1.35 bits per heavy atom. The first-order valence-electron chi connectivity index (χ1n) is 4.77. The molecule has 98 valence electrons. The van der Waals surface area contributed by atoms with Gasteiger partial charge in [0.05, 0.1) is 26.0 Å². The molecule has 1 aromatic heterocycles. The van der Waals surface area contributed by atoms with Crippen LogP contribution in [0.3, 0.4) is 0 Å².